The van der Waals surface area contributed by atoms with Gasteiger partial charge in [-0.2, -0.15) is 5.26 Å². The molecule has 1 nitrogen and oxygen atoms in total. The van der Waals surface area contributed by atoms with Crippen molar-refractivity contribution in [2.45, 2.75) is 26.7 Å². The van der Waals surface area contributed by atoms with Crippen LogP contribution in [0.25, 0.3) is 0 Å². The van der Waals surface area contributed by atoms with E-state index in [4.69, 9.17) is 5.26 Å². The minimum absolute atomic E-state index is 0.546. The van der Waals surface area contributed by atoms with Crippen molar-refractivity contribution >= 4 is 0 Å². The number of allylic oxidation sites excluding steroid dienone is 2. The number of nitriles is 1. The molecule has 0 fully saturated rings. The van der Waals surface area contributed by atoms with E-state index in [1.54, 1.807) is 0 Å². The molecule has 0 N–H and O–H groups in total. The molecule has 0 heterocycles. The molecule has 0 aromatic carbocycles. The highest BCUT2D eigenvalue weighted by Crippen LogP contribution is 2.30. The molecule has 10 heavy (non-hydrogen) atoms. The van der Waals surface area contributed by atoms with Crippen molar-refractivity contribution in [3.63, 3.8) is 0 Å². The largest absolute Gasteiger partial charge is 0.193 e. The lowest BCUT2D eigenvalue weighted by Crippen LogP contribution is -2.06. The Kier molecular flexibility index (Phi) is 2.11. The lowest BCUT2D eigenvalue weighted by molar-refractivity contribution is 0.447. The zero-order chi connectivity index (χ0) is 7.56. The second-order valence-corrected chi connectivity index (χ2v) is 3.20. The van der Waals surface area contributed by atoms with E-state index in [0.29, 0.717) is 11.8 Å². The van der Waals surface area contributed by atoms with Crippen LogP contribution in [0.4, 0.5) is 0 Å². The van der Waals surface area contributed by atoms with Crippen LogP contribution in [-0.4, -0.2) is 0 Å². The third-order valence-electron chi connectivity index (χ3n) is 2.18. The van der Waals surface area contributed by atoms with E-state index in [-0.39, 0.29) is 0 Å². The molecule has 0 aromatic rings. The summed E-state index contributed by atoms with van der Waals surface area (Å²) in [5.74, 6) is 1.18. The van der Waals surface area contributed by atoms with Gasteiger partial charge >= 0.3 is 0 Å². The maximum atomic E-state index is 8.67. The van der Waals surface area contributed by atoms with Gasteiger partial charge in [0.25, 0.3) is 0 Å². The lowest BCUT2D eigenvalue weighted by Gasteiger charge is -2.13. The van der Waals surface area contributed by atoms with Crippen LogP contribution in [0.3, 0.4) is 0 Å². The molecule has 0 spiro atoms. The van der Waals surface area contributed by atoms with Gasteiger partial charge in [0.05, 0.1) is 6.07 Å². The molecule has 1 rings (SSSR count). The van der Waals surface area contributed by atoms with Gasteiger partial charge in [-0.05, 0) is 24.7 Å². The molecule has 0 amide bonds. The second kappa shape index (κ2) is 2.88. The number of hydrogen-bond donors (Lipinski definition) is 0. The Morgan fingerprint density at radius 3 is 2.80 bits per heavy atom. The Bertz CT molecular complexity index is 183. The molecule has 0 bridgehead atoms. The van der Waals surface area contributed by atoms with Crippen molar-refractivity contribution in [1.82, 2.24) is 0 Å². The molecular weight excluding hydrogens is 122 g/mol. The summed E-state index contributed by atoms with van der Waals surface area (Å²) in [6.45, 7) is 4.36. The van der Waals surface area contributed by atoms with Crippen LogP contribution in [0.1, 0.15) is 26.7 Å². The maximum absolute atomic E-state index is 8.67. The summed E-state index contributed by atoms with van der Waals surface area (Å²) >= 11 is 0. The van der Waals surface area contributed by atoms with Crippen LogP contribution in [0.15, 0.2) is 11.6 Å². The fourth-order valence-corrected chi connectivity index (χ4v) is 1.55. The number of nitrogens with zero attached hydrogens (tertiary/aromatic N) is 1. The zero-order valence-corrected chi connectivity index (χ0v) is 6.59. The van der Waals surface area contributed by atoms with E-state index in [9.17, 15) is 0 Å². The van der Waals surface area contributed by atoms with Gasteiger partial charge in [-0.15, -0.1) is 0 Å². The summed E-state index contributed by atoms with van der Waals surface area (Å²) in [7, 11) is 0. The maximum Gasteiger partial charge on any atom is 0.0946 e. The van der Waals surface area contributed by atoms with Gasteiger partial charge in [-0.1, -0.05) is 19.9 Å². The first kappa shape index (κ1) is 7.34. The van der Waals surface area contributed by atoms with Gasteiger partial charge in [0.15, 0.2) is 0 Å². The fourth-order valence-electron chi connectivity index (χ4n) is 1.55. The highest BCUT2D eigenvalue weighted by atomic mass is 14.3. The van der Waals surface area contributed by atoms with E-state index in [2.05, 4.69) is 26.0 Å². The average molecular weight is 135 g/mol. The Balaban J connectivity index is 2.65. The van der Waals surface area contributed by atoms with Crippen LogP contribution in [0.2, 0.25) is 0 Å². The first-order valence-corrected chi connectivity index (χ1v) is 3.86. The van der Waals surface area contributed by atoms with E-state index in [0.717, 1.165) is 12.0 Å². The summed E-state index contributed by atoms with van der Waals surface area (Å²) in [4.78, 5) is 0. The Hall–Kier alpha value is -0.770. The Morgan fingerprint density at radius 2 is 2.40 bits per heavy atom. The third kappa shape index (κ3) is 1.21. The highest BCUT2D eigenvalue weighted by Gasteiger charge is 2.21. The quantitative estimate of drug-likeness (QED) is 0.542. The van der Waals surface area contributed by atoms with E-state index >= 15 is 0 Å². The SMILES string of the molecule is CC(C)C1CCC=C1C#N. The van der Waals surface area contributed by atoms with Crippen LogP contribution >= 0.6 is 0 Å². The van der Waals surface area contributed by atoms with Gasteiger partial charge in [-0.25, -0.2) is 0 Å². The van der Waals surface area contributed by atoms with Crippen molar-refractivity contribution in [2.24, 2.45) is 11.8 Å². The van der Waals surface area contributed by atoms with Crippen molar-refractivity contribution in [3.8, 4) is 6.07 Å². The predicted octanol–water partition coefficient (Wildman–Crippen LogP) is 2.50. The minimum atomic E-state index is 0.546. The Morgan fingerprint density at radius 1 is 1.70 bits per heavy atom. The number of rotatable bonds is 1. The van der Waals surface area contributed by atoms with Gasteiger partial charge < -0.3 is 0 Å². The minimum Gasteiger partial charge on any atom is -0.193 e. The summed E-state index contributed by atoms with van der Waals surface area (Å²) < 4.78 is 0. The van der Waals surface area contributed by atoms with Crippen LogP contribution in [0, 0.1) is 23.2 Å². The van der Waals surface area contributed by atoms with Crippen LogP contribution in [0.5, 0.6) is 0 Å². The van der Waals surface area contributed by atoms with Crippen LogP contribution in [-0.2, 0) is 0 Å². The molecule has 0 aromatic heterocycles. The van der Waals surface area contributed by atoms with Crippen molar-refractivity contribution in [1.29, 1.82) is 5.26 Å². The molecule has 1 atom stereocenters. The highest BCUT2D eigenvalue weighted by molar-refractivity contribution is 5.27. The molecule has 54 valence electrons. The molecule has 1 aliphatic rings. The van der Waals surface area contributed by atoms with Crippen molar-refractivity contribution in [2.75, 3.05) is 0 Å². The van der Waals surface area contributed by atoms with Crippen molar-refractivity contribution < 1.29 is 0 Å². The second-order valence-electron chi connectivity index (χ2n) is 3.20. The summed E-state index contributed by atoms with van der Waals surface area (Å²) in [6.07, 6.45) is 4.36. The Labute approximate surface area is 62.4 Å². The number of hydrogen-bond acceptors (Lipinski definition) is 1. The molecule has 1 heteroatoms. The van der Waals surface area contributed by atoms with E-state index in [1.807, 2.05) is 0 Å². The summed E-state index contributed by atoms with van der Waals surface area (Å²) in [5, 5.41) is 8.67. The van der Waals surface area contributed by atoms with Crippen LogP contribution < -0.4 is 0 Å². The van der Waals surface area contributed by atoms with Gasteiger partial charge in [0, 0.05) is 5.57 Å². The summed E-state index contributed by atoms with van der Waals surface area (Å²) in [6, 6.07) is 2.26. The van der Waals surface area contributed by atoms with Crippen molar-refractivity contribution in [3.05, 3.63) is 11.6 Å². The molecule has 1 unspecified atom stereocenters. The molecule has 0 saturated carbocycles. The molecular formula is C9H13N. The standard InChI is InChI=1S/C9H13N/c1-7(2)9-5-3-4-8(9)6-10/h4,7,9H,3,5H2,1-2H3. The normalized spacial score (nSPS) is 24.6. The predicted molar refractivity (Wildman–Crippen MR) is 41.3 cm³/mol. The van der Waals surface area contributed by atoms with Gasteiger partial charge in [0.1, 0.15) is 0 Å². The smallest absolute Gasteiger partial charge is 0.0946 e. The van der Waals surface area contributed by atoms with Gasteiger partial charge in [0.2, 0.25) is 0 Å². The van der Waals surface area contributed by atoms with E-state index in [1.165, 1.54) is 6.42 Å². The molecule has 1 aliphatic carbocycles. The average Bonchev–Trinajstić information content (AvgIpc) is 2.33. The molecule has 0 saturated heterocycles. The first-order valence-electron chi connectivity index (χ1n) is 3.86. The van der Waals surface area contributed by atoms with Gasteiger partial charge in [-0.3, -0.25) is 0 Å². The first-order chi connectivity index (χ1) is 4.75. The lowest BCUT2D eigenvalue weighted by atomic mass is 9.90. The monoisotopic (exact) mass is 135 g/mol. The topological polar surface area (TPSA) is 23.8 Å². The summed E-state index contributed by atoms with van der Waals surface area (Å²) in [5.41, 5.74) is 1.01. The zero-order valence-electron chi connectivity index (χ0n) is 6.59. The van der Waals surface area contributed by atoms with E-state index < -0.39 is 0 Å². The third-order valence-corrected chi connectivity index (χ3v) is 2.18. The molecule has 0 radical (unpaired) electrons. The molecule has 0 aliphatic heterocycles. The fraction of sp³-hybridized carbons (Fsp3) is 0.667.